The molecule has 0 saturated carbocycles. The highest BCUT2D eigenvalue weighted by molar-refractivity contribution is 5.28. The Bertz CT molecular complexity index is 345. The van der Waals surface area contributed by atoms with Crippen LogP contribution in [0.25, 0.3) is 0 Å². The summed E-state index contributed by atoms with van der Waals surface area (Å²) in [6, 6.07) is 8.25. The summed E-state index contributed by atoms with van der Waals surface area (Å²) in [4.78, 5) is 0. The molecule has 0 N–H and O–H groups in total. The van der Waals surface area contributed by atoms with Crippen LogP contribution in [0.3, 0.4) is 0 Å². The van der Waals surface area contributed by atoms with Crippen molar-refractivity contribution in [2.45, 2.75) is 6.04 Å². The van der Waals surface area contributed by atoms with Gasteiger partial charge in [-0.05, 0) is 24.3 Å². The normalized spacial score (nSPS) is 30.1. The van der Waals surface area contributed by atoms with Crippen molar-refractivity contribution in [3.63, 3.8) is 0 Å². The molecule has 1 saturated heterocycles. The third kappa shape index (κ3) is 2.20. The molecule has 3 nitrogen and oxygen atoms in total. The van der Waals surface area contributed by atoms with Crippen molar-refractivity contribution in [3.05, 3.63) is 36.9 Å². The zero-order valence-corrected chi connectivity index (χ0v) is 9.85. The number of methoxy groups -OCH3 is 1. The highest BCUT2D eigenvalue weighted by atomic mass is 16.5. The van der Waals surface area contributed by atoms with E-state index in [2.05, 4.69) is 12.1 Å². The molecule has 1 radical (unpaired) electrons. The van der Waals surface area contributed by atoms with E-state index in [9.17, 15) is 0 Å². The SMILES string of the molecule is [CH-][N+]1(C)CCOCC1c1ccc(OC)cc1. The minimum Gasteiger partial charge on any atom is -0.497 e. The fourth-order valence-electron chi connectivity index (χ4n) is 2.05. The molecule has 3 heteroatoms. The molecule has 0 bridgehead atoms. The van der Waals surface area contributed by atoms with E-state index < -0.39 is 0 Å². The second-order valence-electron chi connectivity index (χ2n) is 4.43. The lowest BCUT2D eigenvalue weighted by atomic mass is 10.0. The Morgan fingerprint density at radius 2 is 2.06 bits per heavy atom. The highest BCUT2D eigenvalue weighted by Crippen LogP contribution is 2.30. The lowest BCUT2D eigenvalue weighted by Crippen LogP contribution is -2.49. The molecular formula is C13H18NO2. The third-order valence-corrected chi connectivity index (χ3v) is 3.21. The van der Waals surface area contributed by atoms with Crippen molar-refractivity contribution >= 4 is 0 Å². The molecule has 1 aliphatic rings. The lowest BCUT2D eigenvalue weighted by Gasteiger charge is -2.49. The molecule has 2 rings (SSSR count). The second-order valence-corrected chi connectivity index (χ2v) is 4.43. The molecule has 0 aromatic heterocycles. The van der Waals surface area contributed by atoms with Crippen molar-refractivity contribution in [3.8, 4) is 5.75 Å². The zero-order valence-electron chi connectivity index (χ0n) is 9.85. The fraction of sp³-hybridized carbons (Fsp3) is 0.462. The fourth-order valence-corrected chi connectivity index (χ4v) is 2.05. The number of likely N-dealkylation sites (N-methyl/N-ethyl adjacent to an activating group) is 1. The molecule has 2 atom stereocenters. The van der Waals surface area contributed by atoms with Crippen LogP contribution in [-0.2, 0) is 4.74 Å². The minimum atomic E-state index is 0.208. The smallest absolute Gasteiger partial charge is 0.118 e. The first kappa shape index (κ1) is 11.4. The van der Waals surface area contributed by atoms with E-state index in [-0.39, 0.29) is 6.04 Å². The van der Waals surface area contributed by atoms with Gasteiger partial charge in [-0.25, -0.2) is 7.05 Å². The van der Waals surface area contributed by atoms with Crippen LogP contribution in [0, 0.1) is 7.05 Å². The monoisotopic (exact) mass is 220 g/mol. The predicted octanol–water partition coefficient (Wildman–Crippen LogP) is 1.88. The predicted molar refractivity (Wildman–Crippen MR) is 61.9 cm³/mol. The molecule has 16 heavy (non-hydrogen) atoms. The van der Waals surface area contributed by atoms with Crippen molar-refractivity contribution in [2.24, 2.45) is 0 Å². The Balaban J connectivity index is 2.21. The van der Waals surface area contributed by atoms with Crippen molar-refractivity contribution in [1.29, 1.82) is 0 Å². The van der Waals surface area contributed by atoms with Gasteiger partial charge in [0.05, 0.1) is 20.3 Å². The Labute approximate surface area is 97.2 Å². The molecule has 1 heterocycles. The number of rotatable bonds is 2. The average Bonchev–Trinajstić information content (AvgIpc) is 2.29. The maximum absolute atomic E-state index is 6.25. The van der Waals surface area contributed by atoms with Gasteiger partial charge in [0.2, 0.25) is 0 Å². The number of hydrogen-bond donors (Lipinski definition) is 0. The average molecular weight is 220 g/mol. The Kier molecular flexibility index (Phi) is 3.17. The number of morpholine rings is 1. The van der Waals surface area contributed by atoms with E-state index in [1.54, 1.807) is 7.11 Å². The molecule has 0 aliphatic carbocycles. The summed E-state index contributed by atoms with van der Waals surface area (Å²) in [6.45, 7) is 2.26. The van der Waals surface area contributed by atoms with Crippen LogP contribution in [0.4, 0.5) is 0 Å². The van der Waals surface area contributed by atoms with Gasteiger partial charge < -0.3 is 14.0 Å². The van der Waals surface area contributed by atoms with Crippen LogP contribution in [0.15, 0.2) is 24.3 Å². The van der Waals surface area contributed by atoms with Gasteiger partial charge in [-0.3, -0.25) is 0 Å². The van der Waals surface area contributed by atoms with Crippen LogP contribution < -0.4 is 4.74 Å². The van der Waals surface area contributed by atoms with Crippen molar-refractivity contribution in [2.75, 3.05) is 33.9 Å². The van der Waals surface area contributed by atoms with E-state index in [0.717, 1.165) is 18.9 Å². The van der Waals surface area contributed by atoms with E-state index in [4.69, 9.17) is 16.5 Å². The molecule has 87 valence electrons. The number of benzene rings is 1. The molecule has 1 aliphatic heterocycles. The van der Waals surface area contributed by atoms with Crippen molar-refractivity contribution < 1.29 is 14.0 Å². The number of ether oxygens (including phenoxy) is 2. The van der Waals surface area contributed by atoms with Crippen LogP contribution >= 0.6 is 0 Å². The summed E-state index contributed by atoms with van der Waals surface area (Å²) in [6.07, 6.45) is 0. The highest BCUT2D eigenvalue weighted by Gasteiger charge is 2.28. The summed E-state index contributed by atoms with van der Waals surface area (Å²) in [5.74, 6) is 0.867. The third-order valence-electron chi connectivity index (χ3n) is 3.21. The Morgan fingerprint density at radius 3 is 2.62 bits per heavy atom. The maximum Gasteiger partial charge on any atom is 0.118 e. The summed E-state index contributed by atoms with van der Waals surface area (Å²) in [5, 5.41) is 0. The molecule has 0 amide bonds. The van der Waals surface area contributed by atoms with Gasteiger partial charge >= 0.3 is 0 Å². The van der Waals surface area contributed by atoms with E-state index >= 15 is 0 Å². The van der Waals surface area contributed by atoms with Gasteiger partial charge in [0.25, 0.3) is 0 Å². The van der Waals surface area contributed by atoms with Crippen LogP contribution in [0.1, 0.15) is 11.6 Å². The Hall–Kier alpha value is -1.06. The van der Waals surface area contributed by atoms with Crippen LogP contribution in [0.5, 0.6) is 5.75 Å². The second kappa shape index (κ2) is 4.44. The van der Waals surface area contributed by atoms with Gasteiger partial charge in [-0.2, -0.15) is 0 Å². The first-order valence-electron chi connectivity index (χ1n) is 5.49. The molecule has 0 spiro atoms. The first-order chi connectivity index (χ1) is 7.63. The molecule has 1 aromatic carbocycles. The van der Waals surface area contributed by atoms with Crippen molar-refractivity contribution in [1.82, 2.24) is 0 Å². The number of quaternary nitrogens is 1. The standard InChI is InChI=1S/C13H18NO2/c1-14(2)8-9-16-10-13(14)11-4-6-12(15-3)7-5-11/h1,4-7,13H,8-10H2,2-3H3. The zero-order chi connectivity index (χ0) is 11.6. The lowest BCUT2D eigenvalue weighted by molar-refractivity contribution is -0.906. The van der Waals surface area contributed by atoms with E-state index in [1.807, 2.05) is 19.2 Å². The van der Waals surface area contributed by atoms with E-state index in [1.165, 1.54) is 5.56 Å². The van der Waals surface area contributed by atoms with Crippen LogP contribution in [-0.4, -0.2) is 38.4 Å². The summed E-state index contributed by atoms with van der Waals surface area (Å²) in [7, 11) is 9.96. The minimum absolute atomic E-state index is 0.208. The topological polar surface area (TPSA) is 18.5 Å². The van der Waals surface area contributed by atoms with Gasteiger partial charge in [-0.1, -0.05) is 0 Å². The largest absolute Gasteiger partial charge is 0.497 e. The molecule has 1 fully saturated rings. The summed E-state index contributed by atoms with van der Waals surface area (Å²) in [5.41, 5.74) is 1.20. The number of hydrogen-bond acceptors (Lipinski definition) is 2. The first-order valence-corrected chi connectivity index (χ1v) is 5.49. The number of nitrogens with zero attached hydrogens (tertiary/aromatic N) is 1. The molecule has 1 aromatic rings. The quantitative estimate of drug-likeness (QED) is 0.559. The Morgan fingerprint density at radius 1 is 1.38 bits per heavy atom. The van der Waals surface area contributed by atoms with Gasteiger partial charge in [0.1, 0.15) is 18.4 Å². The summed E-state index contributed by atoms with van der Waals surface area (Å²) < 4.78 is 11.1. The van der Waals surface area contributed by atoms with Crippen LogP contribution in [0.2, 0.25) is 0 Å². The summed E-state index contributed by atoms with van der Waals surface area (Å²) >= 11 is 0. The van der Waals surface area contributed by atoms with Gasteiger partial charge in [0.15, 0.2) is 0 Å². The molecular weight excluding hydrogens is 202 g/mol. The van der Waals surface area contributed by atoms with E-state index in [0.29, 0.717) is 11.1 Å². The maximum atomic E-state index is 6.25. The molecule has 2 unspecified atom stereocenters. The van der Waals surface area contributed by atoms with Gasteiger partial charge in [-0.15, -0.1) is 0 Å². The van der Waals surface area contributed by atoms with Gasteiger partial charge in [0, 0.05) is 12.6 Å².